The van der Waals surface area contributed by atoms with Gasteiger partial charge in [-0.2, -0.15) is 0 Å². The second-order valence-electron chi connectivity index (χ2n) is 7.82. The Morgan fingerprint density at radius 3 is 2.68 bits per heavy atom. The van der Waals surface area contributed by atoms with Gasteiger partial charge in [0.15, 0.2) is 0 Å². The van der Waals surface area contributed by atoms with Crippen LogP contribution in [0.25, 0.3) is 10.2 Å². The summed E-state index contributed by atoms with van der Waals surface area (Å²) in [6.07, 6.45) is 1.39. The Morgan fingerprint density at radius 1 is 1.19 bits per heavy atom. The highest BCUT2D eigenvalue weighted by molar-refractivity contribution is 7.18. The van der Waals surface area contributed by atoms with Crippen molar-refractivity contribution in [3.05, 3.63) is 63.5 Å². The molecule has 1 aliphatic heterocycles. The number of hydrogen-bond acceptors (Lipinski definition) is 5. The van der Waals surface area contributed by atoms with Crippen LogP contribution in [0.3, 0.4) is 0 Å². The van der Waals surface area contributed by atoms with E-state index in [2.05, 4.69) is 22.4 Å². The van der Waals surface area contributed by atoms with E-state index in [4.69, 9.17) is 0 Å². The topological polar surface area (TPSA) is 88.7 Å². The van der Waals surface area contributed by atoms with E-state index in [1.807, 2.05) is 25.1 Å². The van der Waals surface area contributed by atoms with Crippen LogP contribution in [-0.4, -0.2) is 59.0 Å². The van der Waals surface area contributed by atoms with E-state index in [-0.39, 0.29) is 30.5 Å². The number of aryl methyl sites for hydroxylation is 1. The van der Waals surface area contributed by atoms with Crippen molar-refractivity contribution in [3.8, 4) is 0 Å². The average molecular weight is 441 g/mol. The second kappa shape index (κ2) is 9.40. The number of hydrogen-bond donors (Lipinski definition) is 2. The van der Waals surface area contributed by atoms with Crippen LogP contribution < -0.4 is 15.8 Å². The fraction of sp³-hybridized carbons (Fsp3) is 0.364. The summed E-state index contributed by atoms with van der Waals surface area (Å²) >= 11 is 1.45. The largest absolute Gasteiger partial charge is 0.345 e. The molecule has 0 unspecified atom stereocenters. The zero-order valence-corrected chi connectivity index (χ0v) is 18.3. The van der Waals surface area contributed by atoms with E-state index >= 15 is 0 Å². The van der Waals surface area contributed by atoms with Crippen molar-refractivity contribution in [2.45, 2.75) is 20.0 Å². The number of piperazine rings is 1. The molecule has 1 aliphatic rings. The van der Waals surface area contributed by atoms with E-state index in [9.17, 15) is 14.4 Å². The Hall–Kier alpha value is -3.04. The highest BCUT2D eigenvalue weighted by Crippen LogP contribution is 2.19. The first-order valence-corrected chi connectivity index (χ1v) is 11.2. The molecule has 2 amide bonds. The molecule has 8 nitrogen and oxygen atoms in total. The summed E-state index contributed by atoms with van der Waals surface area (Å²) in [5.41, 5.74) is 1.05. The van der Waals surface area contributed by atoms with Crippen molar-refractivity contribution in [1.29, 1.82) is 0 Å². The van der Waals surface area contributed by atoms with E-state index in [0.717, 1.165) is 24.5 Å². The van der Waals surface area contributed by atoms with Gasteiger partial charge in [0.2, 0.25) is 11.8 Å². The Bertz CT molecular complexity index is 1130. The molecule has 0 bridgehead atoms. The van der Waals surface area contributed by atoms with Gasteiger partial charge in [-0.15, -0.1) is 11.3 Å². The van der Waals surface area contributed by atoms with Crippen molar-refractivity contribution < 1.29 is 14.5 Å². The summed E-state index contributed by atoms with van der Waals surface area (Å²) in [5.74, 6) is -0.474. The van der Waals surface area contributed by atoms with Crippen molar-refractivity contribution >= 4 is 33.4 Å². The van der Waals surface area contributed by atoms with Crippen LogP contribution in [0.4, 0.5) is 0 Å². The molecule has 2 aromatic heterocycles. The second-order valence-corrected chi connectivity index (χ2v) is 9.06. The molecule has 0 spiro atoms. The third-order valence-corrected chi connectivity index (χ3v) is 6.47. The number of quaternary nitrogens is 1. The number of thiophene rings is 1. The number of fused-ring (bicyclic) bond motifs is 1. The Kier molecular flexibility index (Phi) is 6.43. The molecule has 0 radical (unpaired) electrons. The van der Waals surface area contributed by atoms with E-state index in [0.29, 0.717) is 23.3 Å². The smallest absolute Gasteiger partial charge is 0.262 e. The Balaban J connectivity index is 1.24. The highest BCUT2D eigenvalue weighted by Gasteiger charge is 2.24. The molecule has 4 rings (SSSR count). The number of nitrogens with zero attached hydrogens (tertiary/aromatic N) is 3. The van der Waals surface area contributed by atoms with Gasteiger partial charge in [0.05, 0.1) is 44.4 Å². The molecule has 0 aliphatic carbocycles. The fourth-order valence-corrected chi connectivity index (χ4v) is 4.66. The standard InChI is InChI=1S/C22H25N5O3S/c1-16-11-18-21(31-16)24-15-27(22(18)30)14-19(28)23-12-20(29)26-9-7-25(8-10-26)13-17-5-3-2-4-6-17/h2-6,11,15H,7-10,12-14H2,1H3,(H,23,28)/p+1. The van der Waals surface area contributed by atoms with Gasteiger partial charge < -0.3 is 15.1 Å². The lowest BCUT2D eigenvalue weighted by Gasteiger charge is -2.32. The average Bonchev–Trinajstić information content (AvgIpc) is 3.16. The maximum Gasteiger partial charge on any atom is 0.262 e. The van der Waals surface area contributed by atoms with Gasteiger partial charge in [0.1, 0.15) is 17.9 Å². The highest BCUT2D eigenvalue weighted by atomic mass is 32.1. The molecule has 3 aromatic rings. The Morgan fingerprint density at radius 2 is 1.94 bits per heavy atom. The minimum Gasteiger partial charge on any atom is -0.345 e. The van der Waals surface area contributed by atoms with Crippen molar-refractivity contribution in [2.75, 3.05) is 32.7 Å². The fourth-order valence-electron chi connectivity index (χ4n) is 3.82. The van der Waals surface area contributed by atoms with Crippen LogP contribution in [0.15, 0.2) is 47.5 Å². The molecular formula is C22H26N5O3S+. The normalized spacial score (nSPS) is 14.7. The van der Waals surface area contributed by atoms with Crippen LogP contribution in [-0.2, 0) is 22.7 Å². The number of aromatic nitrogens is 2. The minimum atomic E-state index is -0.378. The molecule has 0 saturated carbocycles. The van der Waals surface area contributed by atoms with Crippen LogP contribution in [0.5, 0.6) is 0 Å². The van der Waals surface area contributed by atoms with Crippen LogP contribution >= 0.6 is 11.3 Å². The zero-order chi connectivity index (χ0) is 21.8. The quantitative estimate of drug-likeness (QED) is 0.556. The molecule has 1 aromatic carbocycles. The SMILES string of the molecule is Cc1cc2c(=O)n(CC(=O)NCC(=O)N3CC[NH+](Cc4ccccc4)CC3)cnc2s1. The number of benzene rings is 1. The maximum atomic E-state index is 12.5. The number of rotatable bonds is 6. The van der Waals surface area contributed by atoms with Gasteiger partial charge in [-0.3, -0.25) is 19.0 Å². The first kappa shape index (κ1) is 21.2. The molecule has 2 N–H and O–H groups in total. The summed E-state index contributed by atoms with van der Waals surface area (Å²) < 4.78 is 1.28. The molecule has 0 atom stereocenters. The lowest BCUT2D eigenvalue weighted by atomic mass is 10.2. The third kappa shape index (κ3) is 5.18. The van der Waals surface area contributed by atoms with Crippen LogP contribution in [0.2, 0.25) is 0 Å². The first-order valence-electron chi connectivity index (χ1n) is 10.4. The van der Waals surface area contributed by atoms with Crippen LogP contribution in [0.1, 0.15) is 10.4 Å². The Labute approximate surface area is 184 Å². The third-order valence-electron chi connectivity index (χ3n) is 5.51. The lowest BCUT2D eigenvalue weighted by Crippen LogP contribution is -3.13. The molecule has 1 saturated heterocycles. The summed E-state index contributed by atoms with van der Waals surface area (Å²) in [5, 5.41) is 3.16. The van der Waals surface area contributed by atoms with Crippen molar-refractivity contribution in [2.24, 2.45) is 0 Å². The van der Waals surface area contributed by atoms with E-state index < -0.39 is 0 Å². The maximum absolute atomic E-state index is 12.5. The molecule has 9 heteroatoms. The molecule has 1 fully saturated rings. The van der Waals surface area contributed by atoms with Crippen LogP contribution in [0, 0.1) is 6.92 Å². The summed E-state index contributed by atoms with van der Waals surface area (Å²) in [4.78, 5) is 46.4. The van der Waals surface area contributed by atoms with Crippen molar-refractivity contribution in [1.82, 2.24) is 19.8 Å². The van der Waals surface area contributed by atoms with Gasteiger partial charge in [-0.25, -0.2) is 4.98 Å². The predicted molar refractivity (Wildman–Crippen MR) is 119 cm³/mol. The van der Waals surface area contributed by atoms with Gasteiger partial charge in [0.25, 0.3) is 5.56 Å². The summed E-state index contributed by atoms with van der Waals surface area (Å²) in [6.45, 7) is 5.77. The van der Waals surface area contributed by atoms with Crippen molar-refractivity contribution in [3.63, 3.8) is 0 Å². The number of carbonyl (C=O) groups excluding carboxylic acids is 2. The molecule has 31 heavy (non-hydrogen) atoms. The number of carbonyl (C=O) groups is 2. The monoisotopic (exact) mass is 440 g/mol. The predicted octanol–water partition coefficient (Wildman–Crippen LogP) is -0.190. The van der Waals surface area contributed by atoms with Gasteiger partial charge in [-0.05, 0) is 13.0 Å². The molecular weight excluding hydrogens is 414 g/mol. The molecule has 3 heterocycles. The van der Waals surface area contributed by atoms with Gasteiger partial charge >= 0.3 is 0 Å². The number of nitrogens with one attached hydrogen (secondary N) is 2. The summed E-state index contributed by atoms with van der Waals surface area (Å²) in [6, 6.07) is 12.1. The summed E-state index contributed by atoms with van der Waals surface area (Å²) in [7, 11) is 0. The van der Waals surface area contributed by atoms with Gasteiger partial charge in [-0.1, -0.05) is 30.3 Å². The van der Waals surface area contributed by atoms with E-state index in [1.54, 1.807) is 11.0 Å². The van der Waals surface area contributed by atoms with Gasteiger partial charge in [0, 0.05) is 10.4 Å². The first-order chi connectivity index (χ1) is 15.0. The zero-order valence-electron chi connectivity index (χ0n) is 17.5. The molecule has 162 valence electrons. The minimum absolute atomic E-state index is 0.0607. The number of amides is 2. The lowest BCUT2D eigenvalue weighted by molar-refractivity contribution is -0.917. The van der Waals surface area contributed by atoms with E-state index in [1.165, 1.54) is 32.7 Å².